The fourth-order valence-electron chi connectivity index (χ4n) is 2.56. The third-order valence-corrected chi connectivity index (χ3v) is 3.88. The molecule has 0 saturated heterocycles. The number of guanidine groups is 1. The van der Waals surface area contributed by atoms with Crippen LogP contribution in [0.2, 0.25) is 5.02 Å². The molecule has 2 aromatic rings. The standard InChI is InChI=1S/C16H15ClFN3/c1-10-3-2-4-12(7-10)21-15(9-20-16(21)19)11-5-6-14(18)13(17)8-11/h2-8,15H,9H2,1H3,(H2,19,20). The zero-order chi connectivity index (χ0) is 15.0. The Hall–Kier alpha value is -2.07. The number of rotatable bonds is 2. The molecule has 1 heterocycles. The highest BCUT2D eigenvalue weighted by atomic mass is 35.5. The number of benzene rings is 2. The molecule has 0 aliphatic carbocycles. The molecule has 1 aliphatic rings. The summed E-state index contributed by atoms with van der Waals surface area (Å²) in [6, 6.07) is 12.7. The maximum absolute atomic E-state index is 13.3. The number of nitrogens with zero attached hydrogens (tertiary/aromatic N) is 2. The Balaban J connectivity index is 2.00. The summed E-state index contributed by atoms with van der Waals surface area (Å²) in [6.07, 6.45) is 0. The number of hydrogen-bond donors (Lipinski definition) is 1. The maximum atomic E-state index is 13.3. The molecule has 3 rings (SSSR count). The molecule has 0 spiro atoms. The van der Waals surface area contributed by atoms with Gasteiger partial charge in [-0.1, -0.05) is 29.8 Å². The van der Waals surface area contributed by atoms with Crippen LogP contribution in [0.5, 0.6) is 0 Å². The van der Waals surface area contributed by atoms with Crippen LogP contribution < -0.4 is 10.6 Å². The Morgan fingerprint density at radius 3 is 2.81 bits per heavy atom. The van der Waals surface area contributed by atoms with Gasteiger partial charge in [-0.15, -0.1) is 0 Å². The number of nitrogens with two attached hydrogens (primary N) is 1. The van der Waals surface area contributed by atoms with Gasteiger partial charge in [-0.05, 0) is 42.3 Å². The van der Waals surface area contributed by atoms with E-state index in [4.69, 9.17) is 17.3 Å². The highest BCUT2D eigenvalue weighted by molar-refractivity contribution is 6.30. The van der Waals surface area contributed by atoms with Crippen molar-refractivity contribution >= 4 is 23.2 Å². The van der Waals surface area contributed by atoms with E-state index in [1.807, 2.05) is 36.1 Å². The smallest absolute Gasteiger partial charge is 0.196 e. The molecule has 0 radical (unpaired) electrons. The van der Waals surface area contributed by atoms with Crippen molar-refractivity contribution in [2.45, 2.75) is 13.0 Å². The summed E-state index contributed by atoms with van der Waals surface area (Å²) in [5.41, 5.74) is 9.03. The first-order valence-corrected chi connectivity index (χ1v) is 7.05. The van der Waals surface area contributed by atoms with Gasteiger partial charge in [-0.3, -0.25) is 4.99 Å². The quantitative estimate of drug-likeness (QED) is 0.920. The zero-order valence-electron chi connectivity index (χ0n) is 11.6. The number of halogens is 2. The lowest BCUT2D eigenvalue weighted by molar-refractivity contribution is 0.626. The molecule has 2 N–H and O–H groups in total. The first kappa shape index (κ1) is 13.9. The van der Waals surface area contributed by atoms with Gasteiger partial charge in [0.05, 0.1) is 17.6 Å². The summed E-state index contributed by atoms with van der Waals surface area (Å²) in [6.45, 7) is 2.55. The van der Waals surface area contributed by atoms with Crippen molar-refractivity contribution in [1.29, 1.82) is 0 Å². The molecule has 1 aliphatic heterocycles. The van der Waals surface area contributed by atoms with Crippen molar-refractivity contribution in [1.82, 2.24) is 0 Å². The van der Waals surface area contributed by atoms with Gasteiger partial charge in [0.1, 0.15) is 5.82 Å². The van der Waals surface area contributed by atoms with Crippen molar-refractivity contribution in [2.75, 3.05) is 11.4 Å². The Bertz CT molecular complexity index is 714. The van der Waals surface area contributed by atoms with E-state index in [9.17, 15) is 4.39 Å². The van der Waals surface area contributed by atoms with E-state index in [-0.39, 0.29) is 11.1 Å². The van der Waals surface area contributed by atoms with Crippen LogP contribution >= 0.6 is 11.6 Å². The molecule has 0 saturated carbocycles. The van der Waals surface area contributed by atoms with Gasteiger partial charge in [0.15, 0.2) is 5.96 Å². The minimum atomic E-state index is -0.422. The van der Waals surface area contributed by atoms with E-state index in [1.165, 1.54) is 6.07 Å². The maximum Gasteiger partial charge on any atom is 0.196 e. The van der Waals surface area contributed by atoms with Gasteiger partial charge in [-0.25, -0.2) is 4.39 Å². The normalized spacial score (nSPS) is 18.0. The molecular weight excluding hydrogens is 289 g/mol. The van der Waals surface area contributed by atoms with Gasteiger partial charge in [-0.2, -0.15) is 0 Å². The molecular formula is C16H15ClFN3. The van der Waals surface area contributed by atoms with Crippen LogP contribution in [0.1, 0.15) is 17.2 Å². The summed E-state index contributed by atoms with van der Waals surface area (Å²) >= 11 is 5.89. The van der Waals surface area contributed by atoms with Crippen LogP contribution in [0.3, 0.4) is 0 Å². The van der Waals surface area contributed by atoms with Crippen molar-refractivity contribution in [3.63, 3.8) is 0 Å². The largest absolute Gasteiger partial charge is 0.369 e. The first-order valence-electron chi connectivity index (χ1n) is 6.67. The summed E-state index contributed by atoms with van der Waals surface area (Å²) in [5.74, 6) is 0.0421. The second kappa shape index (κ2) is 5.37. The van der Waals surface area contributed by atoms with E-state index in [2.05, 4.69) is 4.99 Å². The number of anilines is 1. The van der Waals surface area contributed by atoms with Gasteiger partial charge >= 0.3 is 0 Å². The third kappa shape index (κ3) is 2.59. The average molecular weight is 304 g/mol. The van der Waals surface area contributed by atoms with E-state index in [0.29, 0.717) is 12.5 Å². The molecule has 108 valence electrons. The predicted octanol–water partition coefficient (Wildman–Crippen LogP) is 3.66. The average Bonchev–Trinajstić information content (AvgIpc) is 2.84. The molecule has 1 atom stereocenters. The minimum absolute atomic E-state index is 0.0649. The minimum Gasteiger partial charge on any atom is -0.369 e. The van der Waals surface area contributed by atoms with Crippen LogP contribution in [0.4, 0.5) is 10.1 Å². The Morgan fingerprint density at radius 2 is 2.10 bits per heavy atom. The number of aliphatic imine (C=N–C) groups is 1. The molecule has 5 heteroatoms. The Labute approximate surface area is 127 Å². The van der Waals surface area contributed by atoms with Crippen molar-refractivity contribution in [3.05, 3.63) is 64.4 Å². The van der Waals surface area contributed by atoms with Gasteiger partial charge in [0.2, 0.25) is 0 Å². The lowest BCUT2D eigenvalue weighted by atomic mass is 10.1. The number of aryl methyl sites for hydroxylation is 1. The molecule has 0 fully saturated rings. The van der Waals surface area contributed by atoms with Crippen LogP contribution in [-0.2, 0) is 0 Å². The third-order valence-electron chi connectivity index (χ3n) is 3.59. The first-order chi connectivity index (χ1) is 10.1. The van der Waals surface area contributed by atoms with E-state index < -0.39 is 5.82 Å². The van der Waals surface area contributed by atoms with Crippen LogP contribution in [0.25, 0.3) is 0 Å². The summed E-state index contributed by atoms with van der Waals surface area (Å²) in [7, 11) is 0. The summed E-state index contributed by atoms with van der Waals surface area (Å²) < 4.78 is 13.3. The molecule has 1 unspecified atom stereocenters. The van der Waals surface area contributed by atoms with Gasteiger partial charge in [0.25, 0.3) is 0 Å². The predicted molar refractivity (Wildman–Crippen MR) is 84.3 cm³/mol. The summed E-state index contributed by atoms with van der Waals surface area (Å²) in [4.78, 5) is 6.27. The van der Waals surface area contributed by atoms with Crippen molar-refractivity contribution in [2.24, 2.45) is 10.7 Å². The molecule has 0 amide bonds. The number of hydrogen-bond acceptors (Lipinski definition) is 3. The zero-order valence-corrected chi connectivity index (χ0v) is 12.3. The lowest BCUT2D eigenvalue weighted by Crippen LogP contribution is -2.36. The molecule has 21 heavy (non-hydrogen) atoms. The highest BCUT2D eigenvalue weighted by Crippen LogP contribution is 2.33. The second-order valence-corrected chi connectivity index (χ2v) is 5.50. The van der Waals surface area contributed by atoms with Crippen LogP contribution in [0, 0.1) is 12.7 Å². The van der Waals surface area contributed by atoms with Crippen molar-refractivity contribution < 1.29 is 4.39 Å². The van der Waals surface area contributed by atoms with E-state index in [0.717, 1.165) is 16.8 Å². The monoisotopic (exact) mass is 303 g/mol. The SMILES string of the molecule is Cc1cccc(N2C(N)=NCC2c2ccc(F)c(Cl)c2)c1. The Morgan fingerprint density at radius 1 is 1.29 bits per heavy atom. The molecule has 0 bridgehead atoms. The topological polar surface area (TPSA) is 41.6 Å². The van der Waals surface area contributed by atoms with E-state index >= 15 is 0 Å². The van der Waals surface area contributed by atoms with Gasteiger partial charge in [0, 0.05) is 5.69 Å². The van der Waals surface area contributed by atoms with E-state index in [1.54, 1.807) is 12.1 Å². The van der Waals surface area contributed by atoms with Crippen molar-refractivity contribution in [3.8, 4) is 0 Å². The second-order valence-electron chi connectivity index (χ2n) is 5.10. The summed E-state index contributed by atoms with van der Waals surface area (Å²) in [5, 5.41) is 0.113. The molecule has 2 aromatic carbocycles. The van der Waals surface area contributed by atoms with Gasteiger partial charge < -0.3 is 10.6 Å². The highest BCUT2D eigenvalue weighted by Gasteiger charge is 2.29. The molecule has 0 aromatic heterocycles. The molecule has 3 nitrogen and oxygen atoms in total. The van der Waals surface area contributed by atoms with Crippen LogP contribution in [-0.4, -0.2) is 12.5 Å². The fourth-order valence-corrected chi connectivity index (χ4v) is 2.75. The van der Waals surface area contributed by atoms with Crippen LogP contribution in [0.15, 0.2) is 47.5 Å². The lowest BCUT2D eigenvalue weighted by Gasteiger charge is -2.27. The Kier molecular flexibility index (Phi) is 3.55. The fraction of sp³-hybridized carbons (Fsp3) is 0.188.